The Hall–Kier alpha value is -1.23. The van der Waals surface area contributed by atoms with Crippen LogP contribution in [0.25, 0.3) is 0 Å². The van der Waals surface area contributed by atoms with Gasteiger partial charge in [0.15, 0.2) is 0 Å². The number of rotatable bonds is 3. The van der Waals surface area contributed by atoms with Gasteiger partial charge in [0.2, 0.25) is 0 Å². The Bertz CT molecular complexity index is 553. The molecular formula is C16H16INO. The Morgan fingerprint density at radius 1 is 1.11 bits per heavy atom. The van der Waals surface area contributed by atoms with Crippen molar-refractivity contribution in [3.63, 3.8) is 0 Å². The lowest BCUT2D eigenvalue weighted by atomic mass is 9.93. The van der Waals surface area contributed by atoms with Crippen molar-refractivity contribution in [3.05, 3.63) is 57.7 Å². The molecule has 3 heteroatoms. The normalized spacial score (nSPS) is 17.4. The SMILES string of the molecule is Ic1ccc(NCC2CCOc3ccccc32)cc1. The number of fused-ring (bicyclic) bond motifs is 1. The Labute approximate surface area is 127 Å². The van der Waals surface area contributed by atoms with Gasteiger partial charge in [0.25, 0.3) is 0 Å². The molecule has 1 N–H and O–H groups in total. The molecule has 3 rings (SSSR count). The number of para-hydroxylation sites is 1. The lowest BCUT2D eigenvalue weighted by Gasteiger charge is -2.26. The predicted molar refractivity (Wildman–Crippen MR) is 86.9 cm³/mol. The molecule has 0 saturated carbocycles. The molecule has 0 bridgehead atoms. The van der Waals surface area contributed by atoms with Gasteiger partial charge in [-0.1, -0.05) is 18.2 Å². The van der Waals surface area contributed by atoms with E-state index in [-0.39, 0.29) is 0 Å². The number of hydrogen-bond acceptors (Lipinski definition) is 2. The first kappa shape index (κ1) is 12.8. The fourth-order valence-electron chi connectivity index (χ4n) is 2.44. The topological polar surface area (TPSA) is 21.3 Å². The van der Waals surface area contributed by atoms with Gasteiger partial charge < -0.3 is 10.1 Å². The van der Waals surface area contributed by atoms with E-state index in [0.717, 1.165) is 25.3 Å². The second kappa shape index (κ2) is 5.82. The summed E-state index contributed by atoms with van der Waals surface area (Å²) in [5.41, 5.74) is 2.51. The van der Waals surface area contributed by atoms with Gasteiger partial charge in [0.1, 0.15) is 5.75 Å². The zero-order valence-corrected chi connectivity index (χ0v) is 12.8. The highest BCUT2D eigenvalue weighted by molar-refractivity contribution is 14.1. The maximum Gasteiger partial charge on any atom is 0.122 e. The third-order valence-electron chi connectivity index (χ3n) is 3.48. The van der Waals surface area contributed by atoms with Crippen LogP contribution in [0.5, 0.6) is 5.75 Å². The van der Waals surface area contributed by atoms with Gasteiger partial charge >= 0.3 is 0 Å². The first-order chi connectivity index (χ1) is 9.33. The van der Waals surface area contributed by atoms with E-state index in [1.54, 1.807) is 0 Å². The molecule has 2 aromatic rings. The van der Waals surface area contributed by atoms with E-state index in [1.807, 2.05) is 6.07 Å². The van der Waals surface area contributed by atoms with E-state index < -0.39 is 0 Å². The largest absolute Gasteiger partial charge is 0.493 e. The second-order valence-corrected chi connectivity index (χ2v) is 6.01. The van der Waals surface area contributed by atoms with Crippen molar-refractivity contribution < 1.29 is 4.74 Å². The third-order valence-corrected chi connectivity index (χ3v) is 4.20. The van der Waals surface area contributed by atoms with E-state index in [4.69, 9.17) is 4.74 Å². The number of ether oxygens (including phenoxy) is 1. The molecule has 1 aliphatic heterocycles. The molecule has 1 heterocycles. The van der Waals surface area contributed by atoms with Gasteiger partial charge in [-0.15, -0.1) is 0 Å². The minimum atomic E-state index is 0.532. The predicted octanol–water partition coefficient (Wildman–Crippen LogP) is 4.27. The first-order valence-corrected chi connectivity index (χ1v) is 7.62. The highest BCUT2D eigenvalue weighted by atomic mass is 127. The van der Waals surface area contributed by atoms with Crippen molar-refractivity contribution in [1.29, 1.82) is 0 Å². The quantitative estimate of drug-likeness (QED) is 0.821. The van der Waals surface area contributed by atoms with Crippen LogP contribution < -0.4 is 10.1 Å². The minimum absolute atomic E-state index is 0.532. The summed E-state index contributed by atoms with van der Waals surface area (Å²) >= 11 is 2.32. The maximum atomic E-state index is 5.69. The lowest BCUT2D eigenvalue weighted by Crippen LogP contribution is -2.20. The Kier molecular flexibility index (Phi) is 3.92. The van der Waals surface area contributed by atoms with E-state index >= 15 is 0 Å². The van der Waals surface area contributed by atoms with Crippen LogP contribution in [-0.4, -0.2) is 13.2 Å². The van der Waals surface area contributed by atoms with Crippen molar-refractivity contribution in [1.82, 2.24) is 0 Å². The maximum absolute atomic E-state index is 5.69. The molecule has 2 aromatic carbocycles. The first-order valence-electron chi connectivity index (χ1n) is 6.54. The number of hydrogen-bond donors (Lipinski definition) is 1. The Morgan fingerprint density at radius 2 is 1.89 bits per heavy atom. The van der Waals surface area contributed by atoms with Gasteiger partial charge in [-0.05, 0) is 64.9 Å². The van der Waals surface area contributed by atoms with Gasteiger partial charge in [-0.3, -0.25) is 0 Å². The van der Waals surface area contributed by atoms with Crippen molar-refractivity contribution in [3.8, 4) is 5.75 Å². The summed E-state index contributed by atoms with van der Waals surface area (Å²) in [4.78, 5) is 0. The second-order valence-electron chi connectivity index (χ2n) is 4.76. The van der Waals surface area contributed by atoms with Crippen molar-refractivity contribution in [2.45, 2.75) is 12.3 Å². The number of halogens is 1. The summed E-state index contributed by atoms with van der Waals surface area (Å²) in [6.45, 7) is 1.77. The van der Waals surface area contributed by atoms with E-state index in [2.05, 4.69) is 70.4 Å². The smallest absolute Gasteiger partial charge is 0.122 e. The fourth-order valence-corrected chi connectivity index (χ4v) is 2.80. The number of anilines is 1. The molecule has 0 amide bonds. The van der Waals surface area contributed by atoms with E-state index in [9.17, 15) is 0 Å². The summed E-state index contributed by atoms with van der Waals surface area (Å²) in [5.74, 6) is 1.58. The highest BCUT2D eigenvalue weighted by Crippen LogP contribution is 2.33. The average Bonchev–Trinajstić information content (AvgIpc) is 2.47. The van der Waals surface area contributed by atoms with E-state index in [1.165, 1.54) is 14.8 Å². The monoisotopic (exact) mass is 365 g/mol. The van der Waals surface area contributed by atoms with Crippen LogP contribution >= 0.6 is 22.6 Å². The number of nitrogens with one attached hydrogen (secondary N) is 1. The molecule has 19 heavy (non-hydrogen) atoms. The van der Waals surface area contributed by atoms with Gasteiger partial charge in [-0.25, -0.2) is 0 Å². The van der Waals surface area contributed by atoms with Crippen molar-refractivity contribution >= 4 is 28.3 Å². The number of benzene rings is 2. The summed E-state index contributed by atoms with van der Waals surface area (Å²) < 4.78 is 6.96. The average molecular weight is 365 g/mol. The van der Waals surface area contributed by atoms with Crippen molar-refractivity contribution in [2.75, 3.05) is 18.5 Å². The molecule has 2 nitrogen and oxygen atoms in total. The van der Waals surface area contributed by atoms with Crippen LogP contribution in [0.4, 0.5) is 5.69 Å². The molecule has 0 aromatic heterocycles. The zero-order valence-electron chi connectivity index (χ0n) is 10.6. The fraction of sp³-hybridized carbons (Fsp3) is 0.250. The van der Waals surface area contributed by atoms with Gasteiger partial charge in [-0.2, -0.15) is 0 Å². The highest BCUT2D eigenvalue weighted by Gasteiger charge is 2.20. The summed E-state index contributed by atoms with van der Waals surface area (Å²) in [6, 6.07) is 16.9. The van der Waals surface area contributed by atoms with Crippen LogP contribution in [-0.2, 0) is 0 Å². The van der Waals surface area contributed by atoms with E-state index in [0.29, 0.717) is 5.92 Å². The van der Waals surface area contributed by atoms with Crippen LogP contribution in [0, 0.1) is 3.57 Å². The molecule has 0 aliphatic carbocycles. The molecule has 1 aliphatic rings. The Balaban J connectivity index is 1.69. The molecule has 98 valence electrons. The van der Waals surface area contributed by atoms with Crippen LogP contribution in [0.15, 0.2) is 48.5 Å². The minimum Gasteiger partial charge on any atom is -0.493 e. The summed E-state index contributed by atoms with van der Waals surface area (Å²) in [5, 5.41) is 3.52. The molecule has 0 spiro atoms. The standard InChI is InChI=1S/C16H16INO/c17-13-5-7-14(8-6-13)18-11-12-9-10-19-16-4-2-1-3-15(12)16/h1-8,12,18H,9-11H2. The lowest BCUT2D eigenvalue weighted by molar-refractivity contribution is 0.270. The summed E-state index contributed by atoms with van der Waals surface area (Å²) in [7, 11) is 0. The molecule has 0 fully saturated rings. The molecule has 1 unspecified atom stereocenters. The van der Waals surface area contributed by atoms with Gasteiger partial charge in [0, 0.05) is 21.7 Å². The molecule has 0 radical (unpaired) electrons. The van der Waals surface area contributed by atoms with Crippen LogP contribution in [0.2, 0.25) is 0 Å². The summed E-state index contributed by atoms with van der Waals surface area (Å²) in [6.07, 6.45) is 1.08. The molecular weight excluding hydrogens is 349 g/mol. The third kappa shape index (κ3) is 3.03. The molecule has 0 saturated heterocycles. The Morgan fingerprint density at radius 3 is 2.74 bits per heavy atom. The zero-order chi connectivity index (χ0) is 13.1. The van der Waals surface area contributed by atoms with Crippen molar-refractivity contribution in [2.24, 2.45) is 0 Å². The van der Waals surface area contributed by atoms with Crippen LogP contribution in [0.1, 0.15) is 17.9 Å². The van der Waals surface area contributed by atoms with Gasteiger partial charge in [0.05, 0.1) is 6.61 Å². The van der Waals surface area contributed by atoms with Crippen LogP contribution in [0.3, 0.4) is 0 Å². The molecule has 1 atom stereocenters.